The quantitative estimate of drug-likeness (QED) is 0.493. The van der Waals surface area contributed by atoms with E-state index in [4.69, 9.17) is 4.74 Å². The molecule has 0 saturated carbocycles. The lowest BCUT2D eigenvalue weighted by molar-refractivity contribution is 0.340. The van der Waals surface area contributed by atoms with Crippen molar-refractivity contribution in [3.8, 4) is 17.0 Å². The standard InChI is InChI=1S/C18H17N3OS.ClH/c1-2-22-17-11-7-6-10-15(17)12-19-21-18-20-16(13-23-18)14-8-4-3-5-9-14;/h3-13H,2H2,1H3,(H,20,21);1H/b19-12+;. The van der Waals surface area contributed by atoms with Crippen LogP contribution in [0.2, 0.25) is 0 Å². The maximum absolute atomic E-state index is 5.57. The van der Waals surface area contributed by atoms with Crippen molar-refractivity contribution in [3.05, 3.63) is 65.5 Å². The molecule has 0 aliphatic rings. The fraction of sp³-hybridized carbons (Fsp3) is 0.111. The maximum Gasteiger partial charge on any atom is 0.203 e. The molecular weight excluding hydrogens is 342 g/mol. The van der Waals surface area contributed by atoms with Crippen molar-refractivity contribution in [2.45, 2.75) is 6.92 Å². The molecule has 124 valence electrons. The van der Waals surface area contributed by atoms with E-state index in [0.717, 1.165) is 27.7 Å². The van der Waals surface area contributed by atoms with E-state index in [-0.39, 0.29) is 12.4 Å². The lowest BCUT2D eigenvalue weighted by Gasteiger charge is -2.05. The van der Waals surface area contributed by atoms with Crippen LogP contribution in [-0.2, 0) is 0 Å². The molecule has 0 radical (unpaired) electrons. The zero-order valence-electron chi connectivity index (χ0n) is 13.2. The number of aromatic nitrogens is 1. The van der Waals surface area contributed by atoms with Gasteiger partial charge in [-0.15, -0.1) is 23.7 Å². The number of nitrogens with one attached hydrogen (secondary N) is 1. The van der Waals surface area contributed by atoms with Gasteiger partial charge >= 0.3 is 0 Å². The molecule has 1 N–H and O–H groups in total. The first-order valence-corrected chi connectivity index (χ1v) is 8.26. The fourth-order valence-electron chi connectivity index (χ4n) is 2.10. The number of para-hydroxylation sites is 1. The summed E-state index contributed by atoms with van der Waals surface area (Å²) >= 11 is 1.53. The third-order valence-corrected chi connectivity index (χ3v) is 3.90. The van der Waals surface area contributed by atoms with Crippen LogP contribution in [0.1, 0.15) is 12.5 Å². The molecule has 0 bridgehead atoms. The third-order valence-electron chi connectivity index (χ3n) is 3.16. The van der Waals surface area contributed by atoms with Crippen molar-refractivity contribution in [2.75, 3.05) is 12.0 Å². The minimum absolute atomic E-state index is 0. The Balaban J connectivity index is 0.00000208. The Labute approximate surface area is 151 Å². The van der Waals surface area contributed by atoms with E-state index in [0.29, 0.717) is 6.61 Å². The largest absolute Gasteiger partial charge is 0.493 e. The number of hydrazone groups is 1. The van der Waals surface area contributed by atoms with Crippen molar-refractivity contribution in [3.63, 3.8) is 0 Å². The Morgan fingerprint density at radius 3 is 2.67 bits per heavy atom. The monoisotopic (exact) mass is 359 g/mol. The van der Waals surface area contributed by atoms with Gasteiger partial charge in [0.25, 0.3) is 0 Å². The number of hydrogen-bond donors (Lipinski definition) is 1. The summed E-state index contributed by atoms with van der Waals surface area (Å²) in [5.74, 6) is 0.824. The lowest BCUT2D eigenvalue weighted by atomic mass is 10.2. The summed E-state index contributed by atoms with van der Waals surface area (Å²) in [6, 6.07) is 17.9. The van der Waals surface area contributed by atoms with Gasteiger partial charge in [0, 0.05) is 16.5 Å². The Hall–Kier alpha value is -2.37. The van der Waals surface area contributed by atoms with Crippen molar-refractivity contribution in [1.82, 2.24) is 4.98 Å². The van der Waals surface area contributed by atoms with Crippen molar-refractivity contribution in [2.24, 2.45) is 5.10 Å². The number of anilines is 1. The van der Waals surface area contributed by atoms with Crippen LogP contribution in [0.5, 0.6) is 5.75 Å². The molecule has 4 nitrogen and oxygen atoms in total. The first kappa shape index (κ1) is 18.0. The van der Waals surface area contributed by atoms with Crippen LogP contribution >= 0.6 is 23.7 Å². The predicted octanol–water partition coefficient (Wildman–Crippen LogP) is 5.08. The van der Waals surface area contributed by atoms with Gasteiger partial charge in [0.1, 0.15) is 5.75 Å². The van der Waals surface area contributed by atoms with Crippen LogP contribution in [0.4, 0.5) is 5.13 Å². The SMILES string of the molecule is CCOc1ccccc1/C=N/Nc1nc(-c2ccccc2)cs1.Cl. The van der Waals surface area contributed by atoms with Crippen molar-refractivity contribution >= 4 is 35.1 Å². The average Bonchev–Trinajstić information content (AvgIpc) is 3.06. The molecule has 0 atom stereocenters. The van der Waals surface area contributed by atoms with Crippen LogP contribution in [0.3, 0.4) is 0 Å². The van der Waals surface area contributed by atoms with Crippen molar-refractivity contribution in [1.29, 1.82) is 0 Å². The third kappa shape index (κ3) is 4.57. The molecule has 24 heavy (non-hydrogen) atoms. The highest BCUT2D eigenvalue weighted by molar-refractivity contribution is 7.14. The molecule has 0 spiro atoms. The number of halogens is 1. The summed E-state index contributed by atoms with van der Waals surface area (Å²) < 4.78 is 5.57. The highest BCUT2D eigenvalue weighted by atomic mass is 35.5. The number of ether oxygens (including phenoxy) is 1. The van der Waals surface area contributed by atoms with E-state index in [2.05, 4.69) is 15.5 Å². The summed E-state index contributed by atoms with van der Waals surface area (Å²) in [4.78, 5) is 4.53. The summed E-state index contributed by atoms with van der Waals surface area (Å²) in [5, 5.41) is 7.03. The normalized spacial score (nSPS) is 10.4. The summed E-state index contributed by atoms with van der Waals surface area (Å²) in [5.41, 5.74) is 5.95. The van der Waals surface area contributed by atoms with E-state index in [1.165, 1.54) is 11.3 Å². The number of benzene rings is 2. The number of thiazole rings is 1. The molecule has 0 aliphatic carbocycles. The van der Waals surface area contributed by atoms with Crippen LogP contribution in [0.25, 0.3) is 11.3 Å². The second kappa shape index (κ2) is 9.05. The molecule has 0 amide bonds. The molecule has 0 fully saturated rings. The number of nitrogens with zero attached hydrogens (tertiary/aromatic N) is 2. The van der Waals surface area contributed by atoms with Gasteiger partial charge in [0.05, 0.1) is 18.5 Å². The van der Waals surface area contributed by atoms with Gasteiger partial charge in [-0.05, 0) is 19.1 Å². The highest BCUT2D eigenvalue weighted by Crippen LogP contribution is 2.24. The summed E-state index contributed by atoms with van der Waals surface area (Å²) in [6.45, 7) is 2.60. The fourth-order valence-corrected chi connectivity index (χ4v) is 2.77. The van der Waals surface area contributed by atoms with Gasteiger partial charge in [-0.25, -0.2) is 4.98 Å². The Bertz CT molecular complexity index is 790. The average molecular weight is 360 g/mol. The number of hydrogen-bond acceptors (Lipinski definition) is 5. The topological polar surface area (TPSA) is 46.5 Å². The van der Waals surface area contributed by atoms with Gasteiger partial charge in [-0.1, -0.05) is 42.5 Å². The molecule has 0 saturated heterocycles. The van der Waals surface area contributed by atoms with E-state index < -0.39 is 0 Å². The molecular formula is C18H18ClN3OS. The van der Waals surface area contributed by atoms with Gasteiger partial charge < -0.3 is 4.74 Å². The Morgan fingerprint density at radius 1 is 1.12 bits per heavy atom. The molecule has 6 heteroatoms. The molecule has 1 aromatic heterocycles. The zero-order chi connectivity index (χ0) is 15.9. The van der Waals surface area contributed by atoms with E-state index >= 15 is 0 Å². The summed E-state index contributed by atoms with van der Waals surface area (Å²) in [6.07, 6.45) is 1.74. The van der Waals surface area contributed by atoms with E-state index in [9.17, 15) is 0 Å². The predicted molar refractivity (Wildman–Crippen MR) is 104 cm³/mol. The van der Waals surface area contributed by atoms with E-state index in [1.807, 2.05) is 66.9 Å². The van der Waals surface area contributed by atoms with Crippen molar-refractivity contribution < 1.29 is 4.74 Å². The van der Waals surface area contributed by atoms with Crippen LogP contribution in [0.15, 0.2) is 65.1 Å². The first-order valence-electron chi connectivity index (χ1n) is 7.38. The van der Waals surface area contributed by atoms with Gasteiger partial charge in [0.15, 0.2) is 0 Å². The van der Waals surface area contributed by atoms with Crippen LogP contribution < -0.4 is 10.2 Å². The smallest absolute Gasteiger partial charge is 0.203 e. The van der Waals surface area contributed by atoms with Crippen LogP contribution in [0, 0.1) is 0 Å². The van der Waals surface area contributed by atoms with Gasteiger partial charge in [0.2, 0.25) is 5.13 Å². The minimum atomic E-state index is 0. The highest BCUT2D eigenvalue weighted by Gasteiger charge is 2.03. The molecule has 3 rings (SSSR count). The lowest BCUT2D eigenvalue weighted by Crippen LogP contribution is -1.97. The molecule has 0 aliphatic heterocycles. The maximum atomic E-state index is 5.57. The molecule has 1 heterocycles. The molecule has 3 aromatic rings. The first-order chi connectivity index (χ1) is 11.4. The van der Waals surface area contributed by atoms with Gasteiger partial charge in [-0.2, -0.15) is 5.10 Å². The number of rotatable bonds is 6. The second-order valence-corrected chi connectivity index (χ2v) is 5.60. The van der Waals surface area contributed by atoms with Gasteiger partial charge in [-0.3, -0.25) is 5.43 Å². The zero-order valence-corrected chi connectivity index (χ0v) is 14.8. The molecule has 0 unspecified atom stereocenters. The minimum Gasteiger partial charge on any atom is -0.493 e. The van der Waals surface area contributed by atoms with Crippen LogP contribution in [-0.4, -0.2) is 17.8 Å². The Kier molecular flexibility index (Phi) is 6.78. The van der Waals surface area contributed by atoms with E-state index in [1.54, 1.807) is 6.21 Å². The summed E-state index contributed by atoms with van der Waals surface area (Å²) in [7, 11) is 0. The second-order valence-electron chi connectivity index (χ2n) is 4.74. The Morgan fingerprint density at radius 2 is 1.88 bits per heavy atom. The molecule has 2 aromatic carbocycles.